The third kappa shape index (κ3) is 3.23. The SMILES string of the molecule is CC(C)CC1(C)NCC1CC(C)CC1CNC1. The minimum absolute atomic E-state index is 0.431. The fraction of sp³-hybridized carbons (Fsp3) is 1.00. The molecule has 0 aromatic rings. The molecule has 0 aromatic heterocycles. The van der Waals surface area contributed by atoms with E-state index in [9.17, 15) is 0 Å². The summed E-state index contributed by atoms with van der Waals surface area (Å²) in [7, 11) is 0. The fourth-order valence-electron chi connectivity index (χ4n) is 3.69. The van der Waals surface area contributed by atoms with Crippen molar-refractivity contribution in [2.45, 2.75) is 52.5 Å². The van der Waals surface area contributed by atoms with Crippen LogP contribution in [0.25, 0.3) is 0 Å². The summed E-state index contributed by atoms with van der Waals surface area (Å²) in [6.45, 7) is 13.3. The first-order valence-electron chi connectivity index (χ1n) is 7.45. The second-order valence-electron chi connectivity index (χ2n) is 7.19. The van der Waals surface area contributed by atoms with E-state index < -0.39 is 0 Å². The summed E-state index contributed by atoms with van der Waals surface area (Å²) in [6.07, 6.45) is 4.18. The van der Waals surface area contributed by atoms with E-state index in [0.717, 1.165) is 23.7 Å². The van der Waals surface area contributed by atoms with Crippen molar-refractivity contribution in [2.24, 2.45) is 23.7 Å². The van der Waals surface area contributed by atoms with Crippen molar-refractivity contribution in [3.05, 3.63) is 0 Å². The fourth-order valence-corrected chi connectivity index (χ4v) is 3.69. The zero-order chi connectivity index (χ0) is 12.5. The van der Waals surface area contributed by atoms with E-state index in [-0.39, 0.29) is 0 Å². The average molecular weight is 238 g/mol. The van der Waals surface area contributed by atoms with Gasteiger partial charge < -0.3 is 10.6 Å². The normalized spacial score (nSPS) is 35.5. The monoisotopic (exact) mass is 238 g/mol. The number of nitrogens with one attached hydrogen (secondary N) is 2. The van der Waals surface area contributed by atoms with Crippen molar-refractivity contribution < 1.29 is 0 Å². The molecule has 3 unspecified atom stereocenters. The Balaban J connectivity index is 1.74. The molecule has 2 aliphatic heterocycles. The standard InChI is InChI=1S/C15H30N2/c1-11(2)7-15(4)14(10-17-15)6-12(3)5-13-8-16-9-13/h11-14,16-17H,5-10H2,1-4H3. The highest BCUT2D eigenvalue weighted by Crippen LogP contribution is 2.37. The largest absolute Gasteiger partial charge is 0.316 e. The van der Waals surface area contributed by atoms with Crippen LogP contribution in [0, 0.1) is 23.7 Å². The molecule has 0 amide bonds. The van der Waals surface area contributed by atoms with Gasteiger partial charge in [-0.15, -0.1) is 0 Å². The highest BCUT2D eigenvalue weighted by molar-refractivity contribution is 5.01. The van der Waals surface area contributed by atoms with Gasteiger partial charge in [-0.05, 0) is 62.9 Å². The molecule has 2 heteroatoms. The lowest BCUT2D eigenvalue weighted by Gasteiger charge is -2.51. The van der Waals surface area contributed by atoms with Gasteiger partial charge in [-0.1, -0.05) is 20.8 Å². The lowest BCUT2D eigenvalue weighted by molar-refractivity contribution is 0.0687. The Bertz CT molecular complexity index is 247. The third-order valence-corrected chi connectivity index (χ3v) is 4.77. The van der Waals surface area contributed by atoms with E-state index in [0.29, 0.717) is 5.54 Å². The van der Waals surface area contributed by atoms with Gasteiger partial charge in [0, 0.05) is 12.1 Å². The van der Waals surface area contributed by atoms with Crippen LogP contribution in [0.4, 0.5) is 0 Å². The van der Waals surface area contributed by atoms with E-state index in [4.69, 9.17) is 0 Å². The Morgan fingerprint density at radius 2 is 1.82 bits per heavy atom. The Hall–Kier alpha value is -0.0800. The van der Waals surface area contributed by atoms with Crippen molar-refractivity contribution >= 4 is 0 Å². The van der Waals surface area contributed by atoms with Crippen molar-refractivity contribution in [1.82, 2.24) is 10.6 Å². The van der Waals surface area contributed by atoms with Gasteiger partial charge in [-0.25, -0.2) is 0 Å². The molecule has 2 N–H and O–H groups in total. The van der Waals surface area contributed by atoms with Gasteiger partial charge in [-0.3, -0.25) is 0 Å². The van der Waals surface area contributed by atoms with Crippen LogP contribution in [0.2, 0.25) is 0 Å². The zero-order valence-electron chi connectivity index (χ0n) is 12.1. The smallest absolute Gasteiger partial charge is 0.0196 e. The number of hydrogen-bond donors (Lipinski definition) is 2. The van der Waals surface area contributed by atoms with E-state index in [1.54, 1.807) is 0 Å². The summed E-state index contributed by atoms with van der Waals surface area (Å²) in [5.74, 6) is 3.59. The predicted molar refractivity (Wildman–Crippen MR) is 74.1 cm³/mol. The quantitative estimate of drug-likeness (QED) is 0.743. The molecule has 2 fully saturated rings. The number of rotatable bonds is 6. The lowest BCUT2D eigenvalue weighted by atomic mass is 9.69. The topological polar surface area (TPSA) is 24.1 Å². The molecule has 0 radical (unpaired) electrons. The van der Waals surface area contributed by atoms with E-state index in [1.807, 2.05) is 0 Å². The van der Waals surface area contributed by atoms with Crippen LogP contribution >= 0.6 is 0 Å². The van der Waals surface area contributed by atoms with Gasteiger partial charge in [0.25, 0.3) is 0 Å². The third-order valence-electron chi connectivity index (χ3n) is 4.77. The summed E-state index contributed by atoms with van der Waals surface area (Å²) < 4.78 is 0. The van der Waals surface area contributed by atoms with Crippen LogP contribution in [-0.2, 0) is 0 Å². The second-order valence-corrected chi connectivity index (χ2v) is 7.19. The van der Waals surface area contributed by atoms with E-state index >= 15 is 0 Å². The number of hydrogen-bond acceptors (Lipinski definition) is 2. The van der Waals surface area contributed by atoms with Crippen LogP contribution in [0.3, 0.4) is 0 Å². The van der Waals surface area contributed by atoms with Gasteiger partial charge in [-0.2, -0.15) is 0 Å². The molecule has 3 atom stereocenters. The van der Waals surface area contributed by atoms with Crippen LogP contribution < -0.4 is 10.6 Å². The molecule has 17 heavy (non-hydrogen) atoms. The summed E-state index contributed by atoms with van der Waals surface area (Å²) in [5, 5.41) is 7.06. The van der Waals surface area contributed by atoms with Gasteiger partial charge >= 0.3 is 0 Å². The van der Waals surface area contributed by atoms with E-state index in [1.165, 1.54) is 38.9 Å². The maximum absolute atomic E-state index is 3.68. The van der Waals surface area contributed by atoms with Crippen molar-refractivity contribution in [3.63, 3.8) is 0 Å². The molecular weight excluding hydrogens is 208 g/mol. The maximum atomic E-state index is 3.68. The predicted octanol–water partition coefficient (Wildman–Crippen LogP) is 2.65. The van der Waals surface area contributed by atoms with Crippen LogP contribution in [0.5, 0.6) is 0 Å². The molecule has 0 aromatic carbocycles. The van der Waals surface area contributed by atoms with Gasteiger partial charge in [0.2, 0.25) is 0 Å². The Morgan fingerprint density at radius 3 is 2.24 bits per heavy atom. The van der Waals surface area contributed by atoms with Crippen LogP contribution in [0.15, 0.2) is 0 Å². The van der Waals surface area contributed by atoms with Gasteiger partial charge in [0.05, 0.1) is 0 Å². The molecule has 2 nitrogen and oxygen atoms in total. The first-order chi connectivity index (χ1) is 7.99. The minimum atomic E-state index is 0.431. The Labute approximate surface area is 107 Å². The molecular formula is C15H30N2. The zero-order valence-corrected chi connectivity index (χ0v) is 12.1. The van der Waals surface area contributed by atoms with Crippen molar-refractivity contribution in [1.29, 1.82) is 0 Å². The van der Waals surface area contributed by atoms with Crippen LogP contribution in [0.1, 0.15) is 47.0 Å². The van der Waals surface area contributed by atoms with Gasteiger partial charge in [0.1, 0.15) is 0 Å². The average Bonchev–Trinajstić information content (AvgIpc) is 2.18. The Kier molecular flexibility index (Phi) is 4.14. The summed E-state index contributed by atoms with van der Waals surface area (Å²) >= 11 is 0. The molecule has 0 aliphatic carbocycles. The highest BCUT2D eigenvalue weighted by Gasteiger charge is 2.42. The minimum Gasteiger partial charge on any atom is -0.316 e. The molecule has 2 heterocycles. The molecule has 2 rings (SSSR count). The lowest BCUT2D eigenvalue weighted by Crippen LogP contribution is -2.64. The van der Waals surface area contributed by atoms with Crippen molar-refractivity contribution in [3.8, 4) is 0 Å². The first-order valence-corrected chi connectivity index (χ1v) is 7.45. The van der Waals surface area contributed by atoms with Gasteiger partial charge in [0.15, 0.2) is 0 Å². The molecule has 2 saturated heterocycles. The first kappa shape index (κ1) is 13.4. The molecule has 0 bridgehead atoms. The maximum Gasteiger partial charge on any atom is 0.0196 e. The highest BCUT2D eigenvalue weighted by atomic mass is 15.1. The molecule has 100 valence electrons. The second kappa shape index (κ2) is 5.27. The Morgan fingerprint density at radius 1 is 1.12 bits per heavy atom. The molecule has 0 spiro atoms. The van der Waals surface area contributed by atoms with E-state index in [2.05, 4.69) is 38.3 Å². The summed E-state index contributed by atoms with van der Waals surface area (Å²) in [5.41, 5.74) is 0.431. The van der Waals surface area contributed by atoms with Crippen LogP contribution in [-0.4, -0.2) is 25.2 Å². The summed E-state index contributed by atoms with van der Waals surface area (Å²) in [6, 6.07) is 0. The summed E-state index contributed by atoms with van der Waals surface area (Å²) in [4.78, 5) is 0. The molecule has 2 aliphatic rings. The molecule has 0 saturated carbocycles. The van der Waals surface area contributed by atoms with Crippen molar-refractivity contribution in [2.75, 3.05) is 19.6 Å².